The first-order valence-electron chi connectivity index (χ1n) is 7.52. The van der Waals surface area contributed by atoms with Gasteiger partial charge in [0, 0.05) is 25.3 Å². The Morgan fingerprint density at radius 3 is 2.71 bits per heavy atom. The van der Waals surface area contributed by atoms with Crippen LogP contribution in [0.4, 0.5) is 0 Å². The molecule has 1 atom stereocenters. The molecular weight excluding hydrogens is 286 g/mol. The molecule has 1 saturated carbocycles. The van der Waals surface area contributed by atoms with E-state index in [-0.39, 0.29) is 23.8 Å². The van der Waals surface area contributed by atoms with E-state index in [2.05, 4.69) is 15.6 Å². The molecule has 5 nitrogen and oxygen atoms in total. The molecule has 0 bridgehead atoms. The number of nitrogens with one attached hydrogen (secondary N) is 2. The Hall–Kier alpha value is -1.43. The van der Waals surface area contributed by atoms with Crippen LogP contribution in [-0.2, 0) is 16.0 Å². The molecule has 1 aliphatic carbocycles. The van der Waals surface area contributed by atoms with Crippen LogP contribution in [0.3, 0.4) is 0 Å². The van der Waals surface area contributed by atoms with E-state index < -0.39 is 0 Å². The summed E-state index contributed by atoms with van der Waals surface area (Å²) >= 11 is 1.62. The average molecular weight is 309 g/mol. The largest absolute Gasteiger partial charge is 0.354 e. The minimum atomic E-state index is -0.387. The number of rotatable bonds is 6. The molecule has 1 fully saturated rings. The number of nitrogens with zero attached hydrogens (tertiary/aromatic N) is 1. The maximum Gasteiger partial charge on any atom is 0.242 e. The molecule has 0 saturated heterocycles. The van der Waals surface area contributed by atoms with E-state index in [1.165, 1.54) is 6.92 Å². The van der Waals surface area contributed by atoms with Crippen molar-refractivity contribution in [2.24, 2.45) is 5.92 Å². The Labute approximate surface area is 129 Å². The van der Waals surface area contributed by atoms with Crippen molar-refractivity contribution in [3.63, 3.8) is 0 Å². The van der Waals surface area contributed by atoms with Gasteiger partial charge in [-0.25, -0.2) is 4.98 Å². The Balaban J connectivity index is 1.84. The van der Waals surface area contributed by atoms with Crippen molar-refractivity contribution >= 4 is 23.2 Å². The van der Waals surface area contributed by atoms with Gasteiger partial charge in [0.1, 0.15) is 6.04 Å². The second-order valence-corrected chi connectivity index (χ2v) is 6.68. The molecule has 0 spiro atoms. The van der Waals surface area contributed by atoms with Crippen LogP contribution in [0.1, 0.15) is 43.3 Å². The Morgan fingerprint density at radius 2 is 2.14 bits per heavy atom. The summed E-state index contributed by atoms with van der Waals surface area (Å²) in [7, 11) is 0. The number of hydrogen-bond acceptors (Lipinski definition) is 4. The van der Waals surface area contributed by atoms with Gasteiger partial charge in [-0.2, -0.15) is 0 Å². The summed E-state index contributed by atoms with van der Waals surface area (Å²) in [6.07, 6.45) is 5.05. The van der Waals surface area contributed by atoms with Crippen molar-refractivity contribution in [1.29, 1.82) is 0 Å². The average Bonchev–Trinajstić information content (AvgIpc) is 3.07. The van der Waals surface area contributed by atoms with Crippen molar-refractivity contribution in [2.45, 2.75) is 52.0 Å². The van der Waals surface area contributed by atoms with Crippen molar-refractivity contribution in [3.8, 4) is 0 Å². The van der Waals surface area contributed by atoms with Crippen molar-refractivity contribution in [2.75, 3.05) is 6.54 Å². The Bertz CT molecular complexity index is 495. The van der Waals surface area contributed by atoms with Gasteiger partial charge in [0.05, 0.1) is 10.7 Å². The molecular formula is C15H23N3O2S. The number of aryl methyl sites for hydroxylation is 1. The second-order valence-electron chi connectivity index (χ2n) is 5.62. The first kappa shape index (κ1) is 15.9. The highest BCUT2D eigenvalue weighted by Crippen LogP contribution is 2.27. The second kappa shape index (κ2) is 7.54. The van der Waals surface area contributed by atoms with Gasteiger partial charge in [-0.1, -0.05) is 12.8 Å². The van der Waals surface area contributed by atoms with E-state index in [0.29, 0.717) is 6.54 Å². The minimum Gasteiger partial charge on any atom is -0.354 e. The van der Waals surface area contributed by atoms with E-state index in [4.69, 9.17) is 0 Å². The normalized spacial score (nSPS) is 16.7. The van der Waals surface area contributed by atoms with Crippen molar-refractivity contribution in [3.05, 3.63) is 16.1 Å². The summed E-state index contributed by atoms with van der Waals surface area (Å²) in [4.78, 5) is 28.0. The lowest BCUT2D eigenvalue weighted by molar-refractivity contribution is -0.129. The Kier molecular flexibility index (Phi) is 5.73. The predicted octanol–water partition coefficient (Wildman–Crippen LogP) is 1.81. The summed E-state index contributed by atoms with van der Waals surface area (Å²) in [6, 6.07) is -0.387. The zero-order valence-electron chi connectivity index (χ0n) is 12.6. The number of amides is 2. The first-order chi connectivity index (χ1) is 10.1. The Morgan fingerprint density at radius 1 is 1.43 bits per heavy atom. The van der Waals surface area contributed by atoms with E-state index in [9.17, 15) is 9.59 Å². The molecule has 0 radical (unpaired) electrons. The number of hydrogen-bond donors (Lipinski definition) is 2. The summed E-state index contributed by atoms with van der Waals surface area (Å²) in [5.74, 6) is 0.0663. The van der Waals surface area contributed by atoms with Crippen molar-refractivity contribution < 1.29 is 9.59 Å². The molecule has 1 aromatic rings. The van der Waals surface area contributed by atoms with Gasteiger partial charge >= 0.3 is 0 Å². The third-order valence-corrected chi connectivity index (χ3v) is 4.68. The highest BCUT2D eigenvalue weighted by molar-refractivity contribution is 7.09. The third-order valence-electron chi connectivity index (χ3n) is 3.86. The standard InChI is InChI=1S/C15H23N3O2S/c1-10(19)17-14(12-5-3-4-6-12)15(20)16-8-7-13-9-21-11(2)18-13/h9,12,14H,3-8H2,1-2H3,(H,16,20)(H,17,19)/t14-/m1/s1. The molecule has 1 aromatic heterocycles. The van der Waals surface area contributed by atoms with Crippen LogP contribution in [0.25, 0.3) is 0 Å². The molecule has 116 valence electrons. The molecule has 2 N–H and O–H groups in total. The lowest BCUT2D eigenvalue weighted by Crippen LogP contribution is -2.50. The van der Waals surface area contributed by atoms with Gasteiger partial charge in [-0.05, 0) is 25.7 Å². The number of aromatic nitrogens is 1. The molecule has 1 aliphatic rings. The van der Waals surface area contributed by atoms with Crippen molar-refractivity contribution in [1.82, 2.24) is 15.6 Å². The zero-order chi connectivity index (χ0) is 15.2. The van der Waals surface area contributed by atoms with E-state index in [0.717, 1.165) is 42.8 Å². The fourth-order valence-electron chi connectivity index (χ4n) is 2.85. The number of thiazole rings is 1. The summed E-state index contributed by atoms with van der Waals surface area (Å²) in [6.45, 7) is 4.00. The minimum absolute atomic E-state index is 0.0657. The van der Waals surface area contributed by atoms with E-state index >= 15 is 0 Å². The fraction of sp³-hybridized carbons (Fsp3) is 0.667. The highest BCUT2D eigenvalue weighted by Gasteiger charge is 2.30. The molecule has 6 heteroatoms. The first-order valence-corrected chi connectivity index (χ1v) is 8.40. The fourth-order valence-corrected chi connectivity index (χ4v) is 3.50. The predicted molar refractivity (Wildman–Crippen MR) is 83.1 cm³/mol. The maximum absolute atomic E-state index is 12.3. The quantitative estimate of drug-likeness (QED) is 0.842. The SMILES string of the molecule is CC(=O)N[C@@H](C(=O)NCCc1csc(C)n1)C1CCCC1. The van der Waals surface area contributed by atoms with E-state index in [1.54, 1.807) is 11.3 Å². The van der Waals surface area contributed by atoms with Gasteiger partial charge in [-0.3, -0.25) is 9.59 Å². The molecule has 0 aromatic carbocycles. The molecule has 0 unspecified atom stereocenters. The molecule has 1 heterocycles. The molecule has 21 heavy (non-hydrogen) atoms. The summed E-state index contributed by atoms with van der Waals surface area (Å²) < 4.78 is 0. The van der Waals surface area contributed by atoms with Gasteiger partial charge in [0.25, 0.3) is 0 Å². The van der Waals surface area contributed by atoms with Crippen LogP contribution in [0.15, 0.2) is 5.38 Å². The number of carbonyl (C=O) groups is 2. The van der Waals surface area contributed by atoms with Crippen LogP contribution in [0, 0.1) is 12.8 Å². The lowest BCUT2D eigenvalue weighted by atomic mass is 9.97. The van der Waals surface area contributed by atoms with Crippen LogP contribution in [0.5, 0.6) is 0 Å². The van der Waals surface area contributed by atoms with Crippen LogP contribution in [-0.4, -0.2) is 29.4 Å². The van der Waals surface area contributed by atoms with Gasteiger partial charge < -0.3 is 10.6 Å². The maximum atomic E-state index is 12.3. The van der Waals surface area contributed by atoms with Gasteiger partial charge in [-0.15, -0.1) is 11.3 Å². The lowest BCUT2D eigenvalue weighted by Gasteiger charge is -2.23. The van der Waals surface area contributed by atoms with Crippen LogP contribution in [0.2, 0.25) is 0 Å². The number of carbonyl (C=O) groups excluding carboxylic acids is 2. The van der Waals surface area contributed by atoms with E-state index in [1.807, 2.05) is 12.3 Å². The summed E-state index contributed by atoms with van der Waals surface area (Å²) in [5, 5.41) is 8.80. The topological polar surface area (TPSA) is 71.1 Å². The molecule has 2 rings (SSSR count). The summed E-state index contributed by atoms with van der Waals surface area (Å²) in [5.41, 5.74) is 1.01. The zero-order valence-corrected chi connectivity index (χ0v) is 13.5. The smallest absolute Gasteiger partial charge is 0.242 e. The monoisotopic (exact) mass is 309 g/mol. The third kappa shape index (κ3) is 4.81. The molecule has 2 amide bonds. The molecule has 0 aliphatic heterocycles. The van der Waals surface area contributed by atoms with Gasteiger partial charge in [0.2, 0.25) is 11.8 Å². The highest BCUT2D eigenvalue weighted by atomic mass is 32.1. The van der Waals surface area contributed by atoms with Crippen LogP contribution >= 0.6 is 11.3 Å². The van der Waals surface area contributed by atoms with Crippen LogP contribution < -0.4 is 10.6 Å². The van der Waals surface area contributed by atoms with Gasteiger partial charge in [0.15, 0.2) is 0 Å².